The third-order valence-corrected chi connectivity index (χ3v) is 4.26. The number of hydrogen-bond acceptors (Lipinski definition) is 3. The topological polar surface area (TPSA) is 67.2 Å². The Labute approximate surface area is 150 Å². The van der Waals surface area contributed by atoms with Gasteiger partial charge in [-0.1, -0.05) is 36.4 Å². The predicted molar refractivity (Wildman–Crippen MR) is 103 cm³/mol. The number of fused-ring (bicyclic) bond motifs is 2. The maximum Gasteiger partial charge on any atom is 0.419 e. The molecule has 0 fully saturated rings. The first kappa shape index (κ1) is 16.3. The van der Waals surface area contributed by atoms with Crippen LogP contribution in [0.4, 0.5) is 4.79 Å². The second-order valence-corrected chi connectivity index (χ2v) is 7.31. The number of aromatic hydroxyl groups is 1. The molecule has 0 amide bonds. The van der Waals surface area contributed by atoms with Gasteiger partial charge in [-0.2, -0.15) is 0 Å². The predicted octanol–water partition coefficient (Wildman–Crippen LogP) is 5.28. The van der Waals surface area contributed by atoms with E-state index >= 15 is 0 Å². The lowest BCUT2D eigenvalue weighted by Gasteiger charge is -2.21. The van der Waals surface area contributed by atoms with Gasteiger partial charge in [-0.3, -0.25) is 0 Å². The molecule has 2 heterocycles. The Balaban J connectivity index is 2.02. The van der Waals surface area contributed by atoms with Crippen LogP contribution in [0.3, 0.4) is 0 Å². The first-order chi connectivity index (χ1) is 12.3. The van der Waals surface area contributed by atoms with E-state index < -0.39 is 11.7 Å². The van der Waals surface area contributed by atoms with Gasteiger partial charge in [0, 0.05) is 22.5 Å². The average Bonchev–Trinajstić information content (AvgIpc) is 3.14. The number of hydrogen-bond donors (Lipinski definition) is 2. The Bertz CT molecular complexity index is 1130. The molecule has 0 unspecified atom stereocenters. The number of para-hydroxylation sites is 1. The average molecular weight is 348 g/mol. The first-order valence-electron chi connectivity index (χ1n) is 8.48. The zero-order valence-corrected chi connectivity index (χ0v) is 14.9. The van der Waals surface area contributed by atoms with Crippen molar-refractivity contribution in [3.8, 4) is 17.1 Å². The number of rotatable bonds is 1. The van der Waals surface area contributed by atoms with Gasteiger partial charge in [-0.25, -0.2) is 9.36 Å². The van der Waals surface area contributed by atoms with Crippen LogP contribution in [0, 0.1) is 0 Å². The van der Waals surface area contributed by atoms with Crippen LogP contribution < -0.4 is 0 Å². The summed E-state index contributed by atoms with van der Waals surface area (Å²) in [5.74, 6) is 0.0802. The van der Waals surface area contributed by atoms with Crippen molar-refractivity contribution < 1.29 is 14.6 Å². The van der Waals surface area contributed by atoms with E-state index in [2.05, 4.69) is 4.98 Å². The molecule has 4 aromatic rings. The van der Waals surface area contributed by atoms with Gasteiger partial charge < -0.3 is 14.8 Å². The molecular weight excluding hydrogens is 328 g/mol. The van der Waals surface area contributed by atoms with Crippen LogP contribution in [0.1, 0.15) is 20.8 Å². The standard InChI is InChI=1S/C21H20N2O3/c1-21(2,3)26-20(25)23-16-10-5-4-7-13(16)11-17(23)15-9-6-8-14-12-22-19(24)18(14)15/h4-12,22,24H,1-3H3. The molecule has 4 rings (SSSR count). The molecule has 0 saturated heterocycles. The Morgan fingerprint density at radius 2 is 1.81 bits per heavy atom. The van der Waals surface area contributed by atoms with Gasteiger partial charge in [0.25, 0.3) is 0 Å². The van der Waals surface area contributed by atoms with Gasteiger partial charge in [-0.15, -0.1) is 0 Å². The third kappa shape index (κ3) is 2.62. The van der Waals surface area contributed by atoms with E-state index in [4.69, 9.17) is 4.74 Å². The van der Waals surface area contributed by atoms with E-state index in [0.29, 0.717) is 11.1 Å². The summed E-state index contributed by atoms with van der Waals surface area (Å²) in [6, 6.07) is 15.3. The summed E-state index contributed by atoms with van der Waals surface area (Å²) in [5, 5.41) is 12.8. The maximum atomic E-state index is 13.0. The molecule has 0 bridgehead atoms. The number of nitrogens with one attached hydrogen (secondary N) is 1. The van der Waals surface area contributed by atoms with Crippen LogP contribution in [-0.2, 0) is 4.74 Å². The minimum absolute atomic E-state index is 0.0802. The van der Waals surface area contributed by atoms with Crippen molar-refractivity contribution in [1.29, 1.82) is 0 Å². The number of carbonyl (C=O) groups is 1. The van der Waals surface area contributed by atoms with Crippen molar-refractivity contribution in [2.24, 2.45) is 0 Å². The van der Waals surface area contributed by atoms with Gasteiger partial charge in [0.1, 0.15) is 5.60 Å². The molecule has 132 valence electrons. The Hall–Kier alpha value is -3.21. The van der Waals surface area contributed by atoms with E-state index in [0.717, 1.165) is 21.9 Å². The van der Waals surface area contributed by atoms with Crippen molar-refractivity contribution in [1.82, 2.24) is 9.55 Å². The van der Waals surface area contributed by atoms with Gasteiger partial charge in [-0.05, 0) is 32.9 Å². The van der Waals surface area contributed by atoms with Crippen LogP contribution in [-0.4, -0.2) is 26.4 Å². The lowest BCUT2D eigenvalue weighted by Crippen LogP contribution is -2.27. The lowest BCUT2D eigenvalue weighted by atomic mass is 10.1. The number of aromatic amines is 1. The second-order valence-electron chi connectivity index (χ2n) is 7.31. The number of benzene rings is 2. The molecule has 0 aliphatic heterocycles. The van der Waals surface area contributed by atoms with Crippen LogP contribution in [0.25, 0.3) is 32.9 Å². The summed E-state index contributed by atoms with van der Waals surface area (Å²) in [7, 11) is 0. The quantitative estimate of drug-likeness (QED) is 0.492. The number of carbonyl (C=O) groups excluding carboxylic acids is 1. The van der Waals surface area contributed by atoms with Gasteiger partial charge >= 0.3 is 6.09 Å². The van der Waals surface area contributed by atoms with Crippen LogP contribution >= 0.6 is 0 Å². The van der Waals surface area contributed by atoms with Crippen molar-refractivity contribution in [2.75, 3.05) is 0 Å². The monoisotopic (exact) mass is 348 g/mol. The molecule has 5 heteroatoms. The van der Waals surface area contributed by atoms with Crippen LogP contribution in [0.2, 0.25) is 0 Å². The van der Waals surface area contributed by atoms with E-state index in [1.807, 2.05) is 69.3 Å². The van der Waals surface area contributed by atoms with Gasteiger partial charge in [0.2, 0.25) is 0 Å². The summed E-state index contributed by atoms with van der Waals surface area (Å²) in [5.41, 5.74) is 1.61. The fourth-order valence-electron chi connectivity index (χ4n) is 3.24. The molecule has 0 saturated carbocycles. The highest BCUT2D eigenvalue weighted by atomic mass is 16.6. The Morgan fingerprint density at radius 1 is 1.08 bits per heavy atom. The minimum atomic E-state index is -0.609. The summed E-state index contributed by atoms with van der Waals surface area (Å²) < 4.78 is 7.20. The molecule has 2 aromatic carbocycles. The molecule has 0 atom stereocenters. The molecule has 0 radical (unpaired) electrons. The smallest absolute Gasteiger partial charge is 0.419 e. The number of H-pyrrole nitrogens is 1. The van der Waals surface area contributed by atoms with E-state index in [9.17, 15) is 9.90 Å². The Kier molecular flexibility index (Phi) is 3.54. The molecular formula is C21H20N2O3. The molecule has 0 aliphatic carbocycles. The molecule has 2 N–H and O–H groups in total. The fourth-order valence-corrected chi connectivity index (χ4v) is 3.24. The fraction of sp³-hybridized carbons (Fsp3) is 0.190. The zero-order chi connectivity index (χ0) is 18.5. The van der Waals surface area contributed by atoms with Crippen LogP contribution in [0.5, 0.6) is 5.88 Å². The maximum absolute atomic E-state index is 13.0. The molecule has 5 nitrogen and oxygen atoms in total. The SMILES string of the molecule is CC(C)(C)OC(=O)n1c(-c2cccc3c[nH]c(O)c23)cc2ccccc21. The zero-order valence-electron chi connectivity index (χ0n) is 14.9. The van der Waals surface area contributed by atoms with Crippen molar-refractivity contribution in [2.45, 2.75) is 26.4 Å². The number of nitrogens with zero attached hydrogens (tertiary/aromatic N) is 1. The van der Waals surface area contributed by atoms with Crippen molar-refractivity contribution >= 4 is 27.8 Å². The van der Waals surface area contributed by atoms with E-state index in [1.165, 1.54) is 0 Å². The summed E-state index contributed by atoms with van der Waals surface area (Å²) >= 11 is 0. The molecule has 2 aromatic heterocycles. The lowest BCUT2D eigenvalue weighted by molar-refractivity contribution is 0.0547. The highest BCUT2D eigenvalue weighted by molar-refractivity contribution is 6.04. The minimum Gasteiger partial charge on any atom is -0.494 e. The number of ether oxygens (including phenoxy) is 1. The summed E-state index contributed by atoms with van der Waals surface area (Å²) in [6.07, 6.45) is 1.30. The van der Waals surface area contributed by atoms with Crippen molar-refractivity contribution in [3.05, 3.63) is 54.7 Å². The summed E-state index contributed by atoms with van der Waals surface area (Å²) in [4.78, 5) is 15.8. The molecule has 0 aliphatic rings. The third-order valence-electron chi connectivity index (χ3n) is 4.26. The molecule has 0 spiro atoms. The molecule has 26 heavy (non-hydrogen) atoms. The number of aromatic nitrogens is 2. The van der Waals surface area contributed by atoms with E-state index in [1.54, 1.807) is 10.8 Å². The van der Waals surface area contributed by atoms with Crippen LogP contribution in [0.15, 0.2) is 54.7 Å². The Morgan fingerprint density at radius 3 is 2.58 bits per heavy atom. The first-order valence-corrected chi connectivity index (χ1v) is 8.48. The second kappa shape index (κ2) is 5.66. The summed E-state index contributed by atoms with van der Waals surface area (Å²) in [6.45, 7) is 5.53. The largest absolute Gasteiger partial charge is 0.494 e. The van der Waals surface area contributed by atoms with Crippen molar-refractivity contribution in [3.63, 3.8) is 0 Å². The highest BCUT2D eigenvalue weighted by Crippen LogP contribution is 2.37. The van der Waals surface area contributed by atoms with Gasteiger partial charge in [0.05, 0.1) is 16.6 Å². The van der Waals surface area contributed by atoms with E-state index in [-0.39, 0.29) is 5.88 Å². The van der Waals surface area contributed by atoms with Gasteiger partial charge in [0.15, 0.2) is 5.88 Å². The normalized spacial score (nSPS) is 12.0. The highest BCUT2D eigenvalue weighted by Gasteiger charge is 2.24.